The monoisotopic (exact) mass is 222 g/mol. The molecule has 2 aromatic heterocycles. The average molecular weight is 222 g/mol. The molecule has 0 atom stereocenters. The molecular formula is C10H10N2O2S. The molecule has 0 aliphatic heterocycles. The highest BCUT2D eigenvalue weighted by molar-refractivity contribution is 7.20. The fraction of sp³-hybridized carbons (Fsp3) is 0.200. The van der Waals surface area contributed by atoms with E-state index in [1.165, 1.54) is 11.3 Å². The Balaban J connectivity index is 2.65. The topological polar surface area (TPSA) is 65.1 Å². The molecule has 5 heteroatoms. The van der Waals surface area contributed by atoms with Crippen molar-refractivity contribution in [3.05, 3.63) is 22.7 Å². The number of hydrogen-bond donors (Lipinski definition) is 1. The standard InChI is InChI=1S/C10H10N2O2S/c1-12-4-6(5-13)7-2-9(8(14)3-11)15-10(7)12/h2,4-5H,3,11H2,1H3. The summed E-state index contributed by atoms with van der Waals surface area (Å²) in [6.07, 6.45) is 2.55. The Labute approximate surface area is 90.3 Å². The Kier molecular flexibility index (Phi) is 2.42. The Morgan fingerprint density at radius 1 is 1.67 bits per heavy atom. The van der Waals surface area contributed by atoms with Crippen molar-refractivity contribution in [2.75, 3.05) is 6.54 Å². The van der Waals surface area contributed by atoms with Gasteiger partial charge in [-0.2, -0.15) is 0 Å². The van der Waals surface area contributed by atoms with Crippen LogP contribution in [0.15, 0.2) is 12.3 Å². The van der Waals surface area contributed by atoms with E-state index in [2.05, 4.69) is 0 Å². The molecule has 2 N–H and O–H groups in total. The molecule has 0 bridgehead atoms. The SMILES string of the molecule is Cn1cc(C=O)c2cc(C(=O)CN)sc21. The van der Waals surface area contributed by atoms with Crippen molar-refractivity contribution < 1.29 is 9.59 Å². The third kappa shape index (κ3) is 1.49. The first-order valence-corrected chi connectivity index (χ1v) is 5.26. The summed E-state index contributed by atoms with van der Waals surface area (Å²) in [5.41, 5.74) is 5.89. The second-order valence-corrected chi connectivity index (χ2v) is 4.30. The number of aldehydes is 1. The highest BCUT2D eigenvalue weighted by Crippen LogP contribution is 2.28. The third-order valence-corrected chi connectivity index (χ3v) is 3.53. The molecule has 0 radical (unpaired) electrons. The summed E-state index contributed by atoms with van der Waals surface area (Å²) in [6.45, 7) is 0.00322. The van der Waals surface area contributed by atoms with E-state index in [4.69, 9.17) is 5.73 Å². The van der Waals surface area contributed by atoms with Gasteiger partial charge in [0.1, 0.15) is 4.83 Å². The van der Waals surface area contributed by atoms with Gasteiger partial charge >= 0.3 is 0 Å². The summed E-state index contributed by atoms with van der Waals surface area (Å²) in [5.74, 6) is -0.0898. The largest absolute Gasteiger partial charge is 0.342 e. The van der Waals surface area contributed by atoms with Gasteiger partial charge in [-0.1, -0.05) is 0 Å². The molecule has 4 nitrogen and oxygen atoms in total. The van der Waals surface area contributed by atoms with Crippen LogP contribution in [0.1, 0.15) is 20.0 Å². The minimum atomic E-state index is -0.0898. The van der Waals surface area contributed by atoms with Crippen molar-refractivity contribution >= 4 is 33.6 Å². The van der Waals surface area contributed by atoms with Gasteiger partial charge in [-0.3, -0.25) is 9.59 Å². The van der Waals surface area contributed by atoms with Gasteiger partial charge < -0.3 is 10.3 Å². The normalized spacial score (nSPS) is 10.8. The summed E-state index contributed by atoms with van der Waals surface area (Å²) >= 11 is 1.37. The van der Waals surface area contributed by atoms with Gasteiger partial charge in [0.15, 0.2) is 12.1 Å². The van der Waals surface area contributed by atoms with E-state index in [1.54, 1.807) is 12.3 Å². The van der Waals surface area contributed by atoms with Crippen molar-refractivity contribution in [2.24, 2.45) is 12.8 Å². The van der Waals surface area contributed by atoms with Gasteiger partial charge in [0.2, 0.25) is 0 Å². The van der Waals surface area contributed by atoms with Crippen LogP contribution >= 0.6 is 11.3 Å². The number of hydrogen-bond acceptors (Lipinski definition) is 4. The van der Waals surface area contributed by atoms with Crippen molar-refractivity contribution in [2.45, 2.75) is 0 Å². The van der Waals surface area contributed by atoms with Gasteiger partial charge in [-0.25, -0.2) is 0 Å². The van der Waals surface area contributed by atoms with Crippen LogP contribution in [0.5, 0.6) is 0 Å². The number of carbonyl (C=O) groups excluding carboxylic acids is 2. The maximum absolute atomic E-state index is 11.4. The van der Waals surface area contributed by atoms with E-state index in [0.29, 0.717) is 10.4 Å². The van der Waals surface area contributed by atoms with Gasteiger partial charge in [-0.15, -0.1) is 11.3 Å². The number of nitrogens with zero attached hydrogens (tertiary/aromatic N) is 1. The lowest BCUT2D eigenvalue weighted by molar-refractivity contribution is 0.100. The van der Waals surface area contributed by atoms with E-state index in [0.717, 1.165) is 16.5 Å². The average Bonchev–Trinajstić information content (AvgIpc) is 2.78. The molecule has 0 unspecified atom stereocenters. The van der Waals surface area contributed by atoms with Crippen LogP contribution in [0.2, 0.25) is 0 Å². The van der Waals surface area contributed by atoms with Crippen molar-refractivity contribution in [3.8, 4) is 0 Å². The summed E-state index contributed by atoms with van der Waals surface area (Å²) in [6, 6.07) is 1.74. The predicted molar refractivity (Wildman–Crippen MR) is 59.6 cm³/mol. The molecule has 15 heavy (non-hydrogen) atoms. The fourth-order valence-electron chi connectivity index (χ4n) is 1.52. The zero-order chi connectivity index (χ0) is 11.0. The Bertz CT molecular complexity index is 539. The quantitative estimate of drug-likeness (QED) is 0.626. The van der Waals surface area contributed by atoms with Crippen molar-refractivity contribution in [1.82, 2.24) is 4.57 Å². The highest BCUT2D eigenvalue weighted by Gasteiger charge is 2.13. The molecule has 2 aromatic rings. The number of aromatic nitrogens is 1. The third-order valence-electron chi connectivity index (χ3n) is 2.26. The number of nitrogens with two attached hydrogens (primary N) is 1. The Morgan fingerprint density at radius 2 is 2.40 bits per heavy atom. The van der Waals surface area contributed by atoms with Gasteiger partial charge in [0, 0.05) is 24.2 Å². The lowest BCUT2D eigenvalue weighted by Gasteiger charge is -1.91. The van der Waals surface area contributed by atoms with Crippen LogP contribution < -0.4 is 5.73 Å². The van der Waals surface area contributed by atoms with Crippen LogP contribution in [0.4, 0.5) is 0 Å². The van der Waals surface area contributed by atoms with Gasteiger partial charge in [-0.05, 0) is 6.07 Å². The minimum absolute atomic E-state index is 0.00322. The Morgan fingerprint density at radius 3 is 3.00 bits per heavy atom. The molecule has 2 heterocycles. The highest BCUT2D eigenvalue weighted by atomic mass is 32.1. The maximum Gasteiger partial charge on any atom is 0.186 e. The zero-order valence-electron chi connectivity index (χ0n) is 8.19. The first kappa shape index (κ1) is 10.1. The van der Waals surface area contributed by atoms with Crippen LogP contribution in [0.3, 0.4) is 0 Å². The molecule has 0 saturated heterocycles. The van der Waals surface area contributed by atoms with E-state index in [-0.39, 0.29) is 12.3 Å². The van der Waals surface area contributed by atoms with E-state index in [1.807, 2.05) is 11.6 Å². The molecule has 78 valence electrons. The molecule has 0 aromatic carbocycles. The van der Waals surface area contributed by atoms with Gasteiger partial charge in [0.25, 0.3) is 0 Å². The van der Waals surface area contributed by atoms with Crippen LogP contribution in [-0.2, 0) is 7.05 Å². The van der Waals surface area contributed by atoms with Gasteiger partial charge in [0.05, 0.1) is 11.4 Å². The maximum atomic E-state index is 11.4. The minimum Gasteiger partial charge on any atom is -0.342 e. The molecule has 0 aliphatic rings. The van der Waals surface area contributed by atoms with Crippen molar-refractivity contribution in [3.63, 3.8) is 0 Å². The number of thiophene rings is 1. The summed E-state index contributed by atoms with van der Waals surface area (Å²) in [4.78, 5) is 23.7. The smallest absolute Gasteiger partial charge is 0.186 e. The molecule has 2 rings (SSSR count). The molecule has 0 saturated carbocycles. The molecular weight excluding hydrogens is 212 g/mol. The molecule has 0 fully saturated rings. The molecule has 0 amide bonds. The van der Waals surface area contributed by atoms with E-state index < -0.39 is 0 Å². The number of aryl methyl sites for hydroxylation is 1. The predicted octanol–water partition coefficient (Wildman–Crippen LogP) is 1.19. The van der Waals surface area contributed by atoms with Crippen LogP contribution in [0, 0.1) is 0 Å². The lowest BCUT2D eigenvalue weighted by atomic mass is 10.2. The molecule has 0 aliphatic carbocycles. The van der Waals surface area contributed by atoms with E-state index in [9.17, 15) is 9.59 Å². The van der Waals surface area contributed by atoms with Crippen LogP contribution in [0.25, 0.3) is 10.2 Å². The number of rotatable bonds is 3. The summed E-state index contributed by atoms with van der Waals surface area (Å²) in [7, 11) is 1.85. The number of Topliss-reactive ketones (excluding diaryl/α,β-unsaturated/α-hetero) is 1. The number of fused-ring (bicyclic) bond motifs is 1. The van der Waals surface area contributed by atoms with Crippen molar-refractivity contribution in [1.29, 1.82) is 0 Å². The lowest BCUT2D eigenvalue weighted by Crippen LogP contribution is -2.11. The second kappa shape index (κ2) is 3.60. The zero-order valence-corrected chi connectivity index (χ0v) is 9.00. The summed E-state index contributed by atoms with van der Waals surface area (Å²) in [5, 5.41) is 0.828. The van der Waals surface area contributed by atoms with Crippen LogP contribution in [-0.4, -0.2) is 23.2 Å². The second-order valence-electron chi connectivity index (χ2n) is 3.27. The molecule has 0 spiro atoms. The van der Waals surface area contributed by atoms with E-state index >= 15 is 0 Å². The fourth-order valence-corrected chi connectivity index (χ4v) is 2.58. The first-order chi connectivity index (χ1) is 7.17. The number of ketones is 1. The Hall–Kier alpha value is -1.46. The number of carbonyl (C=O) groups is 2. The summed E-state index contributed by atoms with van der Waals surface area (Å²) < 4.78 is 1.84. The first-order valence-electron chi connectivity index (χ1n) is 4.44.